The fraction of sp³-hybridized carbons (Fsp3) is 0.0667. The lowest BCUT2D eigenvalue weighted by molar-refractivity contribution is -0.384. The molecule has 3 rings (SSSR count). The molecule has 10 nitrogen and oxygen atoms in total. The highest BCUT2D eigenvalue weighted by Gasteiger charge is 2.14. The minimum atomic E-state index is -0.655. The summed E-state index contributed by atoms with van der Waals surface area (Å²) in [7, 11) is 0. The van der Waals surface area contributed by atoms with Gasteiger partial charge in [-0.1, -0.05) is 11.6 Å². The van der Waals surface area contributed by atoms with Gasteiger partial charge in [0.2, 0.25) is 5.91 Å². The van der Waals surface area contributed by atoms with Crippen LogP contribution in [0.4, 0.5) is 11.4 Å². The van der Waals surface area contributed by atoms with Crippen molar-refractivity contribution in [2.24, 2.45) is 0 Å². The van der Waals surface area contributed by atoms with E-state index in [2.05, 4.69) is 15.5 Å². The van der Waals surface area contributed by atoms with Crippen LogP contribution in [-0.2, 0) is 11.3 Å². The molecule has 0 fully saturated rings. The van der Waals surface area contributed by atoms with Crippen molar-refractivity contribution in [1.82, 2.24) is 19.6 Å². The zero-order valence-corrected chi connectivity index (χ0v) is 13.8. The maximum atomic E-state index is 12.2. The van der Waals surface area contributed by atoms with Gasteiger partial charge in [-0.05, 0) is 24.3 Å². The monoisotopic (exact) mass is 374 g/mol. The Balaban J connectivity index is 1.78. The number of nitro benzene ring substituents is 1. The number of anilines is 1. The lowest BCUT2D eigenvalue weighted by Gasteiger charge is -2.08. The maximum absolute atomic E-state index is 12.2. The first-order valence-electron chi connectivity index (χ1n) is 7.26. The number of hydrogen-bond acceptors (Lipinski definition) is 6. The van der Waals surface area contributed by atoms with Gasteiger partial charge in [-0.3, -0.25) is 19.7 Å². The molecule has 1 aromatic carbocycles. The fourth-order valence-electron chi connectivity index (χ4n) is 2.14. The summed E-state index contributed by atoms with van der Waals surface area (Å²) in [6, 6.07) is 8.30. The van der Waals surface area contributed by atoms with Crippen molar-refractivity contribution in [2.75, 3.05) is 5.32 Å². The Bertz CT molecular complexity index is 1030. The van der Waals surface area contributed by atoms with E-state index in [4.69, 9.17) is 11.6 Å². The van der Waals surface area contributed by atoms with Gasteiger partial charge < -0.3 is 5.32 Å². The molecule has 1 N–H and O–H groups in total. The minimum Gasteiger partial charge on any atom is -0.324 e. The zero-order chi connectivity index (χ0) is 18.7. The molecule has 3 aromatic rings. The van der Waals surface area contributed by atoms with E-state index in [1.54, 1.807) is 18.5 Å². The first-order chi connectivity index (χ1) is 12.4. The number of nitrogens with zero attached hydrogens (tertiary/aromatic N) is 5. The van der Waals surface area contributed by atoms with Crippen LogP contribution in [0.15, 0.2) is 53.6 Å². The van der Waals surface area contributed by atoms with Gasteiger partial charge in [-0.2, -0.15) is 5.10 Å². The second-order valence-corrected chi connectivity index (χ2v) is 5.52. The molecule has 0 spiro atoms. The second kappa shape index (κ2) is 7.15. The smallest absolute Gasteiger partial charge is 0.289 e. The van der Waals surface area contributed by atoms with Crippen LogP contribution < -0.4 is 10.9 Å². The molecule has 132 valence electrons. The van der Waals surface area contributed by atoms with Crippen molar-refractivity contribution in [1.29, 1.82) is 0 Å². The van der Waals surface area contributed by atoms with Crippen molar-refractivity contribution < 1.29 is 9.72 Å². The normalized spacial score (nSPS) is 10.5. The number of carbonyl (C=O) groups is 1. The minimum absolute atomic E-state index is 0.0437. The molecule has 0 bridgehead atoms. The molecular weight excluding hydrogens is 364 g/mol. The summed E-state index contributed by atoms with van der Waals surface area (Å²) in [5.74, 6) is -0.210. The van der Waals surface area contributed by atoms with E-state index in [-0.39, 0.29) is 22.9 Å². The summed E-state index contributed by atoms with van der Waals surface area (Å²) in [5, 5.41) is 21.4. The van der Waals surface area contributed by atoms with Crippen molar-refractivity contribution in [2.45, 2.75) is 6.54 Å². The SMILES string of the molecule is O=C(Cn1nc(-n2cccn2)ccc1=O)Nc1ccc(Cl)c([N+](=O)[O-])c1. The third-order valence-corrected chi connectivity index (χ3v) is 3.63. The highest BCUT2D eigenvalue weighted by Crippen LogP contribution is 2.27. The predicted molar refractivity (Wildman–Crippen MR) is 92.4 cm³/mol. The second-order valence-electron chi connectivity index (χ2n) is 5.11. The maximum Gasteiger partial charge on any atom is 0.289 e. The lowest BCUT2D eigenvalue weighted by atomic mass is 10.3. The van der Waals surface area contributed by atoms with Crippen LogP contribution in [0, 0.1) is 10.1 Å². The van der Waals surface area contributed by atoms with Crippen LogP contribution in [0.1, 0.15) is 0 Å². The number of hydrogen-bond donors (Lipinski definition) is 1. The van der Waals surface area contributed by atoms with Crippen LogP contribution in [0.2, 0.25) is 5.02 Å². The highest BCUT2D eigenvalue weighted by atomic mass is 35.5. The molecule has 26 heavy (non-hydrogen) atoms. The number of benzene rings is 1. The summed E-state index contributed by atoms with van der Waals surface area (Å²) < 4.78 is 2.41. The van der Waals surface area contributed by atoms with Gasteiger partial charge in [0, 0.05) is 30.2 Å². The number of rotatable bonds is 5. The highest BCUT2D eigenvalue weighted by molar-refractivity contribution is 6.32. The number of nitrogens with one attached hydrogen (secondary N) is 1. The van der Waals surface area contributed by atoms with Gasteiger partial charge in [0.05, 0.1) is 4.92 Å². The standard InChI is InChI=1S/C15H11ClN6O4/c16-11-3-2-10(8-12(11)22(25)26)18-14(23)9-21-15(24)5-4-13(19-21)20-7-1-6-17-20/h1-8H,9H2,(H,18,23). The number of halogens is 1. The Morgan fingerprint density at radius 1 is 1.31 bits per heavy atom. The Labute approximate surface area is 150 Å². The van der Waals surface area contributed by atoms with E-state index in [1.165, 1.54) is 28.9 Å². The summed E-state index contributed by atoms with van der Waals surface area (Å²) >= 11 is 5.73. The molecule has 0 aliphatic carbocycles. The average molecular weight is 375 g/mol. The van der Waals surface area contributed by atoms with Gasteiger partial charge in [0.1, 0.15) is 11.6 Å². The molecule has 2 aromatic heterocycles. The van der Waals surface area contributed by atoms with Crippen LogP contribution in [0.25, 0.3) is 5.82 Å². The quantitative estimate of drug-likeness (QED) is 0.534. The van der Waals surface area contributed by atoms with E-state index in [0.29, 0.717) is 5.82 Å². The van der Waals surface area contributed by atoms with E-state index < -0.39 is 16.4 Å². The van der Waals surface area contributed by atoms with Crippen molar-refractivity contribution in [3.63, 3.8) is 0 Å². The van der Waals surface area contributed by atoms with Gasteiger partial charge in [-0.15, -0.1) is 5.10 Å². The van der Waals surface area contributed by atoms with Crippen LogP contribution in [0.5, 0.6) is 0 Å². The molecule has 0 aliphatic rings. The molecule has 2 heterocycles. The van der Waals surface area contributed by atoms with E-state index in [0.717, 1.165) is 10.7 Å². The third kappa shape index (κ3) is 3.75. The Morgan fingerprint density at radius 3 is 2.81 bits per heavy atom. The van der Waals surface area contributed by atoms with Crippen LogP contribution in [-0.4, -0.2) is 30.4 Å². The van der Waals surface area contributed by atoms with Gasteiger partial charge in [0.25, 0.3) is 11.2 Å². The molecule has 0 radical (unpaired) electrons. The Hall–Kier alpha value is -3.53. The lowest BCUT2D eigenvalue weighted by Crippen LogP contribution is -2.30. The molecule has 0 aliphatic heterocycles. The van der Waals surface area contributed by atoms with Crippen molar-refractivity contribution in [3.8, 4) is 5.82 Å². The van der Waals surface area contributed by atoms with Crippen molar-refractivity contribution in [3.05, 3.63) is 74.3 Å². The number of amides is 1. The molecule has 0 saturated carbocycles. The molecule has 11 heteroatoms. The first-order valence-corrected chi connectivity index (χ1v) is 7.64. The number of nitro groups is 1. The fourth-order valence-corrected chi connectivity index (χ4v) is 2.33. The topological polar surface area (TPSA) is 125 Å². The summed E-state index contributed by atoms with van der Waals surface area (Å²) in [6.07, 6.45) is 3.20. The molecule has 0 atom stereocenters. The average Bonchev–Trinajstić information content (AvgIpc) is 3.13. The number of aromatic nitrogens is 4. The van der Waals surface area contributed by atoms with E-state index in [1.807, 2.05) is 0 Å². The first kappa shape index (κ1) is 17.3. The van der Waals surface area contributed by atoms with Crippen molar-refractivity contribution >= 4 is 28.9 Å². The summed E-state index contributed by atoms with van der Waals surface area (Å²) in [4.78, 5) is 34.3. The summed E-state index contributed by atoms with van der Waals surface area (Å²) in [6.45, 7) is -0.371. The largest absolute Gasteiger partial charge is 0.324 e. The van der Waals surface area contributed by atoms with Gasteiger partial charge in [0.15, 0.2) is 5.82 Å². The van der Waals surface area contributed by atoms with Gasteiger partial charge in [-0.25, -0.2) is 9.36 Å². The number of carbonyl (C=O) groups excluding carboxylic acids is 1. The van der Waals surface area contributed by atoms with Crippen LogP contribution >= 0.6 is 11.6 Å². The van der Waals surface area contributed by atoms with Gasteiger partial charge >= 0.3 is 0 Å². The zero-order valence-electron chi connectivity index (χ0n) is 13.1. The Kier molecular flexibility index (Phi) is 4.76. The van der Waals surface area contributed by atoms with E-state index in [9.17, 15) is 19.7 Å². The van der Waals surface area contributed by atoms with E-state index >= 15 is 0 Å². The Morgan fingerprint density at radius 2 is 2.12 bits per heavy atom. The predicted octanol–water partition coefficient (Wildman–Crippen LogP) is 1.63. The molecule has 1 amide bonds. The molecule has 0 saturated heterocycles. The van der Waals surface area contributed by atoms with Crippen LogP contribution in [0.3, 0.4) is 0 Å². The molecular formula is C15H11ClN6O4. The summed E-state index contributed by atoms with van der Waals surface area (Å²) in [5.41, 5.74) is -0.624. The third-order valence-electron chi connectivity index (χ3n) is 3.31. The molecule has 0 unspecified atom stereocenters.